The van der Waals surface area contributed by atoms with Crippen LogP contribution in [0.5, 0.6) is 5.75 Å². The Hall–Kier alpha value is -1.06. The van der Waals surface area contributed by atoms with Crippen molar-refractivity contribution in [2.24, 2.45) is 0 Å². The monoisotopic (exact) mass is 152 g/mol. The van der Waals surface area contributed by atoms with E-state index in [0.717, 1.165) is 5.56 Å². The lowest BCUT2D eigenvalue weighted by atomic mass is 10.2. The van der Waals surface area contributed by atoms with E-state index in [4.69, 9.17) is 4.84 Å². The standard InChI is InChI=1S/C8H10NO2/c1-7-5-3-4-6-8(7)11-9(2)10/h3-6H,1-2H3/q-1. The van der Waals surface area contributed by atoms with Crippen molar-refractivity contribution in [2.45, 2.75) is 6.92 Å². The van der Waals surface area contributed by atoms with Gasteiger partial charge in [-0.2, -0.15) is 0 Å². The van der Waals surface area contributed by atoms with Crippen LogP contribution in [-0.4, -0.2) is 12.3 Å². The number of aryl methyl sites for hydroxylation is 1. The molecule has 0 atom stereocenters. The number of benzene rings is 1. The average molecular weight is 152 g/mol. The fraction of sp³-hybridized carbons (Fsp3) is 0.250. The molecule has 0 aliphatic carbocycles. The highest BCUT2D eigenvalue weighted by atomic mass is 16.9. The van der Waals surface area contributed by atoms with Gasteiger partial charge in [-0.25, -0.2) is 5.23 Å². The highest BCUT2D eigenvalue weighted by Crippen LogP contribution is 2.16. The van der Waals surface area contributed by atoms with Gasteiger partial charge in [0.05, 0.1) is 0 Å². The lowest BCUT2D eigenvalue weighted by molar-refractivity contribution is 0.0209. The first-order valence-electron chi connectivity index (χ1n) is 3.34. The third-order valence-corrected chi connectivity index (χ3v) is 1.32. The van der Waals surface area contributed by atoms with Gasteiger partial charge in [0.1, 0.15) is 5.75 Å². The Morgan fingerprint density at radius 1 is 1.36 bits per heavy atom. The van der Waals surface area contributed by atoms with Crippen LogP contribution >= 0.6 is 0 Å². The van der Waals surface area contributed by atoms with E-state index in [1.807, 2.05) is 25.1 Å². The molecular weight excluding hydrogens is 142 g/mol. The van der Waals surface area contributed by atoms with Crippen LogP contribution in [-0.2, 0) is 0 Å². The Bertz CT molecular complexity index is 235. The Balaban J connectivity index is 2.78. The molecule has 0 amide bonds. The molecule has 0 unspecified atom stereocenters. The van der Waals surface area contributed by atoms with Crippen LogP contribution in [0.15, 0.2) is 24.3 Å². The zero-order chi connectivity index (χ0) is 8.27. The van der Waals surface area contributed by atoms with Crippen molar-refractivity contribution in [3.05, 3.63) is 35.0 Å². The molecule has 0 N–H and O–H groups in total. The lowest BCUT2D eigenvalue weighted by Crippen LogP contribution is -2.14. The maximum absolute atomic E-state index is 10.5. The molecule has 3 nitrogen and oxygen atoms in total. The highest BCUT2D eigenvalue weighted by Gasteiger charge is 1.95. The molecule has 0 bridgehead atoms. The molecule has 0 heterocycles. The van der Waals surface area contributed by atoms with E-state index in [-0.39, 0.29) is 0 Å². The van der Waals surface area contributed by atoms with E-state index >= 15 is 0 Å². The minimum absolute atomic E-state index is 0.433. The molecule has 0 radical (unpaired) electrons. The van der Waals surface area contributed by atoms with E-state index in [0.29, 0.717) is 11.0 Å². The molecule has 60 valence electrons. The third kappa shape index (κ3) is 2.22. The Morgan fingerprint density at radius 2 is 2.00 bits per heavy atom. The molecule has 0 fully saturated rings. The smallest absolute Gasteiger partial charge is 0.149 e. The van der Waals surface area contributed by atoms with Crippen LogP contribution < -0.4 is 4.84 Å². The second-order valence-corrected chi connectivity index (χ2v) is 2.30. The van der Waals surface area contributed by atoms with Gasteiger partial charge in [0.2, 0.25) is 0 Å². The number of hydrogen-bond donors (Lipinski definition) is 0. The first-order valence-corrected chi connectivity index (χ1v) is 3.34. The van der Waals surface area contributed by atoms with E-state index in [2.05, 4.69) is 0 Å². The minimum Gasteiger partial charge on any atom is -0.753 e. The van der Waals surface area contributed by atoms with Gasteiger partial charge in [-0.15, -0.1) is 0 Å². The zero-order valence-electron chi connectivity index (χ0n) is 6.57. The van der Waals surface area contributed by atoms with Gasteiger partial charge < -0.3 is 10.0 Å². The predicted molar refractivity (Wildman–Crippen MR) is 42.9 cm³/mol. The lowest BCUT2D eigenvalue weighted by Gasteiger charge is -2.22. The summed E-state index contributed by atoms with van der Waals surface area (Å²) in [6, 6.07) is 7.36. The first kappa shape index (κ1) is 8.04. The number of hydroxylamine groups is 2. The molecule has 0 aliphatic rings. The normalized spacial score (nSPS) is 10.2. The van der Waals surface area contributed by atoms with Crippen molar-refractivity contribution in [3.8, 4) is 5.75 Å². The highest BCUT2D eigenvalue weighted by molar-refractivity contribution is 5.31. The van der Waals surface area contributed by atoms with Gasteiger partial charge in [-0.3, -0.25) is 0 Å². The van der Waals surface area contributed by atoms with Crippen LogP contribution in [0.25, 0.3) is 0 Å². The van der Waals surface area contributed by atoms with Crippen molar-refractivity contribution in [1.29, 1.82) is 0 Å². The van der Waals surface area contributed by atoms with Crippen LogP contribution in [0.2, 0.25) is 0 Å². The van der Waals surface area contributed by atoms with Crippen molar-refractivity contribution >= 4 is 0 Å². The molecule has 1 aromatic carbocycles. The topological polar surface area (TPSA) is 35.5 Å². The summed E-state index contributed by atoms with van der Waals surface area (Å²) in [5, 5.41) is 10.9. The van der Waals surface area contributed by atoms with E-state index in [1.54, 1.807) is 6.07 Å². The third-order valence-electron chi connectivity index (χ3n) is 1.32. The predicted octanol–water partition coefficient (Wildman–Crippen LogP) is 1.72. The fourth-order valence-electron chi connectivity index (χ4n) is 0.797. The van der Waals surface area contributed by atoms with Crippen molar-refractivity contribution in [2.75, 3.05) is 7.05 Å². The molecule has 0 aromatic heterocycles. The van der Waals surface area contributed by atoms with Crippen LogP contribution in [0.3, 0.4) is 0 Å². The first-order chi connectivity index (χ1) is 5.20. The summed E-state index contributed by atoms with van der Waals surface area (Å²) in [7, 11) is 1.31. The second-order valence-electron chi connectivity index (χ2n) is 2.30. The number of hydrogen-bond acceptors (Lipinski definition) is 3. The molecule has 0 spiro atoms. The summed E-state index contributed by atoms with van der Waals surface area (Å²) in [6.07, 6.45) is 0. The summed E-state index contributed by atoms with van der Waals surface area (Å²) in [6.45, 7) is 1.89. The van der Waals surface area contributed by atoms with Gasteiger partial charge in [0.15, 0.2) is 0 Å². The van der Waals surface area contributed by atoms with E-state index in [9.17, 15) is 5.21 Å². The maximum Gasteiger partial charge on any atom is 0.149 e. The summed E-state index contributed by atoms with van der Waals surface area (Å²) < 4.78 is 0. The summed E-state index contributed by atoms with van der Waals surface area (Å²) in [5.41, 5.74) is 0.954. The van der Waals surface area contributed by atoms with Crippen LogP contribution in [0, 0.1) is 12.1 Å². The zero-order valence-corrected chi connectivity index (χ0v) is 6.57. The van der Waals surface area contributed by atoms with Gasteiger partial charge in [-0.1, -0.05) is 18.2 Å². The van der Waals surface area contributed by atoms with Gasteiger partial charge >= 0.3 is 0 Å². The SMILES string of the molecule is Cc1ccccc1ON(C)[O-]. The number of nitrogens with zero attached hydrogens (tertiary/aromatic N) is 1. The Kier molecular flexibility index (Phi) is 2.46. The average Bonchev–Trinajstić information content (AvgIpc) is 1.93. The molecule has 3 heteroatoms. The Labute approximate surface area is 65.7 Å². The number of rotatable bonds is 2. The van der Waals surface area contributed by atoms with Crippen molar-refractivity contribution < 1.29 is 4.84 Å². The van der Waals surface area contributed by atoms with Crippen molar-refractivity contribution in [3.63, 3.8) is 0 Å². The van der Waals surface area contributed by atoms with Crippen molar-refractivity contribution in [1.82, 2.24) is 5.23 Å². The second kappa shape index (κ2) is 3.37. The van der Waals surface area contributed by atoms with Gasteiger partial charge in [-0.05, 0) is 18.6 Å². The molecule has 11 heavy (non-hydrogen) atoms. The van der Waals surface area contributed by atoms with Crippen LogP contribution in [0.4, 0.5) is 0 Å². The van der Waals surface area contributed by atoms with Gasteiger partial charge in [0, 0.05) is 7.05 Å². The quantitative estimate of drug-likeness (QED) is 0.605. The van der Waals surface area contributed by atoms with E-state index in [1.165, 1.54) is 7.05 Å². The molecular formula is C8H10NO2-. The van der Waals surface area contributed by atoms with Crippen LogP contribution in [0.1, 0.15) is 5.56 Å². The fourth-order valence-corrected chi connectivity index (χ4v) is 0.797. The largest absolute Gasteiger partial charge is 0.753 e. The number of para-hydroxylation sites is 1. The summed E-state index contributed by atoms with van der Waals surface area (Å²) in [4.78, 5) is 4.82. The summed E-state index contributed by atoms with van der Waals surface area (Å²) in [5.74, 6) is 0.602. The minimum atomic E-state index is 0.433. The molecule has 0 saturated heterocycles. The maximum atomic E-state index is 10.5. The van der Waals surface area contributed by atoms with Gasteiger partial charge in [0.25, 0.3) is 0 Å². The molecule has 1 rings (SSSR count). The molecule has 0 aliphatic heterocycles. The molecule has 0 saturated carbocycles. The van der Waals surface area contributed by atoms with E-state index < -0.39 is 0 Å². The summed E-state index contributed by atoms with van der Waals surface area (Å²) >= 11 is 0. The molecule has 1 aromatic rings. The Morgan fingerprint density at radius 3 is 2.55 bits per heavy atom.